The van der Waals surface area contributed by atoms with E-state index < -0.39 is 33.7 Å². The summed E-state index contributed by atoms with van der Waals surface area (Å²) in [6.45, 7) is 5.73. The van der Waals surface area contributed by atoms with Crippen LogP contribution in [-0.4, -0.2) is 43.4 Å². The van der Waals surface area contributed by atoms with Gasteiger partial charge in [-0.25, -0.2) is 8.42 Å². The predicted molar refractivity (Wildman–Crippen MR) is 125 cm³/mol. The number of esters is 2. The average molecular weight is 499 g/mol. The summed E-state index contributed by atoms with van der Waals surface area (Å²) in [6.07, 6.45) is 18.0. The summed E-state index contributed by atoms with van der Waals surface area (Å²) in [7, 11) is -5.01. The van der Waals surface area contributed by atoms with Crippen LogP contribution in [0.5, 0.6) is 0 Å². The van der Waals surface area contributed by atoms with Crippen LogP contribution in [0.3, 0.4) is 0 Å². The van der Waals surface area contributed by atoms with E-state index in [0.29, 0.717) is 12.8 Å². The molecule has 0 N–H and O–H groups in total. The monoisotopic (exact) mass is 498 g/mol. The number of ether oxygens (including phenoxy) is 2. The van der Waals surface area contributed by atoms with Crippen molar-refractivity contribution in [2.75, 3.05) is 13.2 Å². The van der Waals surface area contributed by atoms with Gasteiger partial charge in [-0.2, -0.15) is 0 Å². The SMILES string of the molecule is C=CCCOC(=O)C(CC(=O)OCCCCCCCCCCCCCCCC)S(=O)(=O)[O-].[Na+]. The molecule has 0 aliphatic carbocycles. The van der Waals surface area contributed by atoms with Gasteiger partial charge in [0.2, 0.25) is 0 Å². The molecule has 1 unspecified atom stereocenters. The molecule has 33 heavy (non-hydrogen) atoms. The second-order valence-electron chi connectivity index (χ2n) is 8.25. The fourth-order valence-electron chi connectivity index (χ4n) is 3.33. The molecule has 0 aliphatic heterocycles. The molecule has 0 aromatic carbocycles. The first-order valence-corrected chi connectivity index (χ1v) is 13.7. The second-order valence-corrected chi connectivity index (χ2v) is 9.80. The van der Waals surface area contributed by atoms with Gasteiger partial charge in [0.1, 0.15) is 10.1 Å². The molecule has 0 saturated heterocycles. The van der Waals surface area contributed by atoms with Crippen LogP contribution in [0.1, 0.15) is 110 Å². The van der Waals surface area contributed by atoms with E-state index in [0.717, 1.165) is 19.3 Å². The van der Waals surface area contributed by atoms with Crippen molar-refractivity contribution in [1.82, 2.24) is 0 Å². The standard InChI is InChI=1S/C24H44O7S.Na/c1-3-5-7-8-9-10-11-12-13-14-15-16-17-18-20-30-23(25)21-22(32(27,28)29)24(26)31-19-6-4-2;/h4,22H,2-3,5-21H2,1H3,(H,27,28,29);/q;+1/p-1. The van der Waals surface area contributed by atoms with Gasteiger partial charge in [-0.1, -0.05) is 96.5 Å². The van der Waals surface area contributed by atoms with Crippen LogP contribution >= 0.6 is 0 Å². The minimum atomic E-state index is -5.01. The van der Waals surface area contributed by atoms with E-state index in [1.807, 2.05) is 0 Å². The van der Waals surface area contributed by atoms with Crippen LogP contribution in [0.15, 0.2) is 12.7 Å². The summed E-state index contributed by atoms with van der Waals surface area (Å²) >= 11 is 0. The summed E-state index contributed by atoms with van der Waals surface area (Å²) < 4.78 is 43.5. The second kappa shape index (κ2) is 23.3. The molecule has 0 spiro atoms. The van der Waals surface area contributed by atoms with Crippen molar-refractivity contribution in [2.45, 2.75) is 115 Å². The van der Waals surface area contributed by atoms with E-state index >= 15 is 0 Å². The van der Waals surface area contributed by atoms with Crippen molar-refractivity contribution >= 4 is 22.1 Å². The molecule has 0 aromatic heterocycles. The Kier molecular flexibility index (Phi) is 24.6. The quantitative estimate of drug-likeness (QED) is 0.0741. The summed E-state index contributed by atoms with van der Waals surface area (Å²) in [5.74, 6) is -2.11. The molecule has 0 saturated carbocycles. The molecular weight excluding hydrogens is 455 g/mol. The van der Waals surface area contributed by atoms with E-state index in [4.69, 9.17) is 9.47 Å². The van der Waals surface area contributed by atoms with E-state index in [9.17, 15) is 22.6 Å². The molecule has 0 heterocycles. The summed E-state index contributed by atoms with van der Waals surface area (Å²) in [5, 5.41) is -2.07. The third-order valence-electron chi connectivity index (χ3n) is 5.29. The number of carbonyl (C=O) groups excluding carboxylic acids is 2. The van der Waals surface area contributed by atoms with Gasteiger partial charge in [0.05, 0.1) is 19.6 Å². The fraction of sp³-hybridized carbons (Fsp3) is 0.833. The topological polar surface area (TPSA) is 110 Å². The van der Waals surface area contributed by atoms with Crippen molar-refractivity contribution < 1.29 is 61.6 Å². The zero-order valence-corrected chi connectivity index (χ0v) is 23.7. The molecule has 0 radical (unpaired) electrons. The smallest absolute Gasteiger partial charge is 0.747 e. The van der Waals surface area contributed by atoms with Crippen LogP contribution in [0.25, 0.3) is 0 Å². The third-order valence-corrected chi connectivity index (χ3v) is 6.35. The van der Waals surface area contributed by atoms with Crippen LogP contribution in [0.2, 0.25) is 0 Å². The van der Waals surface area contributed by atoms with Gasteiger partial charge >= 0.3 is 41.5 Å². The number of carbonyl (C=O) groups is 2. The Morgan fingerprint density at radius 1 is 0.818 bits per heavy atom. The number of hydrogen-bond donors (Lipinski definition) is 0. The average Bonchev–Trinajstić information content (AvgIpc) is 2.74. The number of hydrogen-bond acceptors (Lipinski definition) is 7. The largest absolute Gasteiger partial charge is 1.00 e. The molecule has 0 aliphatic rings. The fourth-order valence-corrected chi connectivity index (χ4v) is 3.98. The molecular formula is C24H43NaO7S. The maximum Gasteiger partial charge on any atom is 1.00 e. The normalized spacial score (nSPS) is 11.9. The van der Waals surface area contributed by atoms with Gasteiger partial charge < -0.3 is 14.0 Å². The molecule has 9 heteroatoms. The molecule has 0 rings (SSSR count). The zero-order chi connectivity index (χ0) is 24.1. The Hall–Kier alpha value is -0.410. The minimum absolute atomic E-state index is 0. The molecule has 188 valence electrons. The van der Waals surface area contributed by atoms with Gasteiger partial charge in [0, 0.05) is 0 Å². The predicted octanol–water partition coefficient (Wildman–Crippen LogP) is 2.44. The first-order valence-electron chi connectivity index (χ1n) is 12.2. The number of rotatable bonds is 22. The van der Waals surface area contributed by atoms with Gasteiger partial charge in [0.15, 0.2) is 5.25 Å². The van der Waals surface area contributed by atoms with Crippen LogP contribution < -0.4 is 29.6 Å². The van der Waals surface area contributed by atoms with Gasteiger partial charge in [-0.15, -0.1) is 6.58 Å². The van der Waals surface area contributed by atoms with Crippen LogP contribution in [0, 0.1) is 0 Å². The number of unbranched alkanes of at least 4 members (excludes halogenated alkanes) is 13. The Morgan fingerprint density at radius 3 is 1.70 bits per heavy atom. The molecule has 0 amide bonds. The summed E-state index contributed by atoms with van der Waals surface area (Å²) in [6, 6.07) is 0. The maximum atomic E-state index is 11.8. The van der Waals surface area contributed by atoms with Crippen LogP contribution in [0.4, 0.5) is 0 Å². The Morgan fingerprint density at radius 2 is 1.27 bits per heavy atom. The molecule has 7 nitrogen and oxygen atoms in total. The first-order chi connectivity index (χ1) is 15.3. The molecule has 0 aromatic rings. The Labute approximate surface area is 223 Å². The molecule has 0 bridgehead atoms. The van der Waals surface area contributed by atoms with Crippen molar-refractivity contribution in [3.05, 3.63) is 12.7 Å². The van der Waals surface area contributed by atoms with Crippen molar-refractivity contribution in [2.24, 2.45) is 0 Å². The van der Waals surface area contributed by atoms with Gasteiger partial charge in [-0.05, 0) is 12.8 Å². The van der Waals surface area contributed by atoms with Gasteiger partial charge in [0.25, 0.3) is 0 Å². The molecule has 1 atom stereocenters. The van der Waals surface area contributed by atoms with E-state index in [1.165, 1.54) is 70.3 Å². The van der Waals surface area contributed by atoms with Gasteiger partial charge in [-0.3, -0.25) is 9.59 Å². The Balaban J connectivity index is 0. The van der Waals surface area contributed by atoms with E-state index in [2.05, 4.69) is 13.5 Å². The zero-order valence-electron chi connectivity index (χ0n) is 20.9. The first kappa shape index (κ1) is 34.8. The summed E-state index contributed by atoms with van der Waals surface area (Å²) in [5.41, 5.74) is 0. The van der Waals surface area contributed by atoms with Crippen molar-refractivity contribution in [3.8, 4) is 0 Å². The van der Waals surface area contributed by atoms with Crippen molar-refractivity contribution in [3.63, 3.8) is 0 Å². The van der Waals surface area contributed by atoms with Crippen LogP contribution in [-0.2, 0) is 29.2 Å². The van der Waals surface area contributed by atoms with E-state index in [-0.39, 0.29) is 42.8 Å². The third kappa shape index (κ3) is 21.8. The minimum Gasteiger partial charge on any atom is -0.747 e. The van der Waals surface area contributed by atoms with E-state index in [1.54, 1.807) is 0 Å². The Bertz CT molecular complexity index is 608. The molecule has 0 fully saturated rings. The van der Waals surface area contributed by atoms with Crippen molar-refractivity contribution in [1.29, 1.82) is 0 Å². The summed E-state index contributed by atoms with van der Waals surface area (Å²) in [4.78, 5) is 23.6. The maximum absolute atomic E-state index is 11.8.